The van der Waals surface area contributed by atoms with E-state index in [1.165, 1.54) is 0 Å². The van der Waals surface area contributed by atoms with Gasteiger partial charge in [0.05, 0.1) is 0 Å². The van der Waals surface area contributed by atoms with E-state index in [9.17, 15) is 4.39 Å². The van der Waals surface area contributed by atoms with Crippen molar-refractivity contribution in [2.75, 3.05) is 0 Å². The molecule has 2 rings (SSSR count). The second-order valence-electron chi connectivity index (χ2n) is 2.90. The molecule has 1 aromatic rings. The summed E-state index contributed by atoms with van der Waals surface area (Å²) >= 11 is 0. The Kier molecular flexibility index (Phi) is 1.60. The molecule has 1 nitrogen and oxygen atoms in total. The van der Waals surface area contributed by atoms with Crippen molar-refractivity contribution in [3.63, 3.8) is 0 Å². The maximum absolute atomic E-state index is 13.1. The lowest BCUT2D eigenvalue weighted by Gasteiger charge is -2.17. The van der Waals surface area contributed by atoms with Gasteiger partial charge in [-0.1, -0.05) is 6.07 Å². The molecule has 2 heteroatoms. The van der Waals surface area contributed by atoms with Crippen LogP contribution in [0.15, 0.2) is 18.3 Å². The highest BCUT2D eigenvalue weighted by Gasteiger charge is 2.19. The molecule has 1 aliphatic rings. The summed E-state index contributed by atoms with van der Waals surface area (Å²) in [6.07, 6.45) is 3.50. The number of pyridine rings is 1. The van der Waals surface area contributed by atoms with Crippen LogP contribution >= 0.6 is 0 Å². The van der Waals surface area contributed by atoms with Crippen LogP contribution in [0.5, 0.6) is 0 Å². The summed E-state index contributed by atoms with van der Waals surface area (Å²) in [6, 6.07) is 3.64. The molecule has 1 aliphatic carbocycles. The highest BCUT2D eigenvalue weighted by Crippen LogP contribution is 2.30. The highest BCUT2D eigenvalue weighted by atomic mass is 19.1. The van der Waals surface area contributed by atoms with Crippen LogP contribution in [0.1, 0.15) is 30.3 Å². The van der Waals surface area contributed by atoms with E-state index in [0.717, 1.165) is 24.1 Å². The van der Waals surface area contributed by atoms with Crippen LogP contribution in [0.2, 0.25) is 0 Å². The lowest BCUT2D eigenvalue weighted by Crippen LogP contribution is -2.07. The number of halogens is 1. The van der Waals surface area contributed by atoms with Gasteiger partial charge in [0.1, 0.15) is 6.17 Å². The molecule has 0 radical (unpaired) electrons. The monoisotopic (exact) mass is 151 g/mol. The summed E-state index contributed by atoms with van der Waals surface area (Å²) in [5.41, 5.74) is 1.75. The Morgan fingerprint density at radius 2 is 2.45 bits per heavy atom. The normalized spacial score (nSPS) is 22.8. The first-order valence-electron chi connectivity index (χ1n) is 3.96. The van der Waals surface area contributed by atoms with Gasteiger partial charge < -0.3 is 0 Å². The van der Waals surface area contributed by atoms with Gasteiger partial charge in [-0.05, 0) is 25.3 Å². The summed E-state index contributed by atoms with van der Waals surface area (Å²) in [6.45, 7) is 0. The lowest BCUT2D eigenvalue weighted by molar-refractivity contribution is 0.300. The minimum absolute atomic E-state index is 0.665. The molecule has 1 unspecified atom stereocenters. The largest absolute Gasteiger partial charge is 0.261 e. The maximum atomic E-state index is 13.1. The predicted octanol–water partition coefficient (Wildman–Crippen LogP) is 2.43. The number of alkyl halides is 1. The smallest absolute Gasteiger partial charge is 0.127 e. The van der Waals surface area contributed by atoms with Gasteiger partial charge in [0, 0.05) is 17.5 Å². The third-order valence-corrected chi connectivity index (χ3v) is 2.13. The Labute approximate surface area is 65.3 Å². The van der Waals surface area contributed by atoms with Crippen LogP contribution < -0.4 is 0 Å². The zero-order chi connectivity index (χ0) is 7.68. The molecule has 1 heterocycles. The third kappa shape index (κ3) is 1.13. The van der Waals surface area contributed by atoms with E-state index in [2.05, 4.69) is 4.98 Å². The van der Waals surface area contributed by atoms with Crippen molar-refractivity contribution in [1.82, 2.24) is 4.98 Å². The van der Waals surface area contributed by atoms with Crippen LogP contribution in [0.4, 0.5) is 4.39 Å². The third-order valence-electron chi connectivity index (χ3n) is 2.13. The standard InChI is InChI=1S/C9H10FN/c10-8-4-1-5-9-7(8)3-2-6-11-9/h2-3,6,8H,1,4-5H2. The molecular formula is C9H10FN. The molecule has 0 fully saturated rings. The van der Waals surface area contributed by atoms with Gasteiger partial charge in [-0.3, -0.25) is 4.98 Å². The van der Waals surface area contributed by atoms with Crippen LogP contribution in [0.3, 0.4) is 0 Å². The average Bonchev–Trinajstić information content (AvgIpc) is 2.06. The SMILES string of the molecule is FC1CCCc2ncccc21. The molecule has 1 aromatic heterocycles. The van der Waals surface area contributed by atoms with Crippen molar-refractivity contribution >= 4 is 0 Å². The molecule has 0 aliphatic heterocycles. The summed E-state index contributed by atoms with van der Waals surface area (Å²) < 4.78 is 13.1. The summed E-state index contributed by atoms with van der Waals surface area (Å²) in [7, 11) is 0. The molecule has 0 amide bonds. The van der Waals surface area contributed by atoms with Crippen molar-refractivity contribution in [2.24, 2.45) is 0 Å². The molecule has 0 spiro atoms. The van der Waals surface area contributed by atoms with Gasteiger partial charge >= 0.3 is 0 Å². The molecule has 1 atom stereocenters. The first-order valence-corrected chi connectivity index (χ1v) is 3.96. The van der Waals surface area contributed by atoms with Crippen molar-refractivity contribution in [2.45, 2.75) is 25.4 Å². The number of hydrogen-bond acceptors (Lipinski definition) is 1. The van der Waals surface area contributed by atoms with Gasteiger partial charge in [-0.15, -0.1) is 0 Å². The fourth-order valence-electron chi connectivity index (χ4n) is 1.55. The molecule has 0 bridgehead atoms. The van der Waals surface area contributed by atoms with E-state index in [4.69, 9.17) is 0 Å². The predicted molar refractivity (Wildman–Crippen MR) is 41.0 cm³/mol. The molecule has 0 N–H and O–H groups in total. The van der Waals surface area contributed by atoms with Gasteiger partial charge in [0.25, 0.3) is 0 Å². The number of aromatic nitrogens is 1. The fourth-order valence-corrected chi connectivity index (χ4v) is 1.55. The fraction of sp³-hybridized carbons (Fsp3) is 0.444. The highest BCUT2D eigenvalue weighted by molar-refractivity contribution is 5.24. The zero-order valence-corrected chi connectivity index (χ0v) is 6.26. The minimum Gasteiger partial charge on any atom is -0.261 e. The molecular weight excluding hydrogens is 141 g/mol. The first-order chi connectivity index (χ1) is 5.38. The Morgan fingerprint density at radius 1 is 1.55 bits per heavy atom. The average molecular weight is 151 g/mol. The Morgan fingerprint density at radius 3 is 3.27 bits per heavy atom. The van der Waals surface area contributed by atoms with Gasteiger partial charge in [-0.25, -0.2) is 4.39 Å². The quantitative estimate of drug-likeness (QED) is 0.555. The van der Waals surface area contributed by atoms with Crippen LogP contribution in [0, 0.1) is 0 Å². The van der Waals surface area contributed by atoms with Crippen LogP contribution in [-0.2, 0) is 6.42 Å². The lowest BCUT2D eigenvalue weighted by atomic mass is 9.95. The molecule has 58 valence electrons. The van der Waals surface area contributed by atoms with E-state index in [1.54, 1.807) is 12.3 Å². The second kappa shape index (κ2) is 2.61. The Balaban J connectivity index is 2.44. The van der Waals surface area contributed by atoms with Crippen LogP contribution in [-0.4, -0.2) is 4.98 Å². The van der Waals surface area contributed by atoms with Crippen molar-refractivity contribution in [3.8, 4) is 0 Å². The van der Waals surface area contributed by atoms with E-state index in [-0.39, 0.29) is 0 Å². The molecule has 11 heavy (non-hydrogen) atoms. The number of aryl methyl sites for hydroxylation is 1. The summed E-state index contributed by atoms with van der Waals surface area (Å²) in [5, 5.41) is 0. The number of nitrogens with zero attached hydrogens (tertiary/aromatic N) is 1. The number of rotatable bonds is 0. The Bertz CT molecular complexity index is 259. The van der Waals surface area contributed by atoms with E-state index >= 15 is 0 Å². The Hall–Kier alpha value is -0.920. The molecule has 0 aromatic carbocycles. The van der Waals surface area contributed by atoms with E-state index in [1.807, 2.05) is 6.07 Å². The molecule has 0 saturated carbocycles. The summed E-state index contributed by atoms with van der Waals surface area (Å²) in [4.78, 5) is 4.13. The van der Waals surface area contributed by atoms with E-state index in [0.29, 0.717) is 6.42 Å². The van der Waals surface area contributed by atoms with Crippen molar-refractivity contribution in [3.05, 3.63) is 29.6 Å². The van der Waals surface area contributed by atoms with E-state index < -0.39 is 6.17 Å². The number of fused-ring (bicyclic) bond motifs is 1. The topological polar surface area (TPSA) is 12.9 Å². The van der Waals surface area contributed by atoms with Crippen molar-refractivity contribution < 1.29 is 4.39 Å². The van der Waals surface area contributed by atoms with Crippen molar-refractivity contribution in [1.29, 1.82) is 0 Å². The van der Waals surface area contributed by atoms with Crippen LogP contribution in [0.25, 0.3) is 0 Å². The first kappa shape index (κ1) is 6.77. The molecule has 0 saturated heterocycles. The number of hydrogen-bond donors (Lipinski definition) is 0. The summed E-state index contributed by atoms with van der Waals surface area (Å²) in [5.74, 6) is 0. The van der Waals surface area contributed by atoms with Gasteiger partial charge in [0.2, 0.25) is 0 Å². The van der Waals surface area contributed by atoms with Gasteiger partial charge in [-0.2, -0.15) is 0 Å². The minimum atomic E-state index is -0.771. The van der Waals surface area contributed by atoms with Gasteiger partial charge in [0.15, 0.2) is 0 Å². The second-order valence-corrected chi connectivity index (χ2v) is 2.90. The zero-order valence-electron chi connectivity index (χ0n) is 6.26. The maximum Gasteiger partial charge on any atom is 0.127 e.